The van der Waals surface area contributed by atoms with Gasteiger partial charge in [0.2, 0.25) is 5.13 Å². The minimum Gasteiger partial charge on any atom is -0.296 e. The van der Waals surface area contributed by atoms with Gasteiger partial charge >= 0.3 is 0 Å². The van der Waals surface area contributed by atoms with E-state index < -0.39 is 15.9 Å². The van der Waals surface area contributed by atoms with Crippen molar-refractivity contribution >= 4 is 38.1 Å². The van der Waals surface area contributed by atoms with Gasteiger partial charge in [0, 0.05) is 11.3 Å². The molecule has 0 saturated carbocycles. The van der Waals surface area contributed by atoms with Gasteiger partial charge in [-0.3, -0.25) is 14.8 Å². The Morgan fingerprint density at radius 1 is 1.04 bits per heavy atom. The molecule has 0 atom stereocenters. The first-order valence-corrected chi connectivity index (χ1v) is 9.94. The van der Waals surface area contributed by atoms with Gasteiger partial charge in [0.05, 0.1) is 4.90 Å². The largest absolute Gasteiger partial charge is 0.296 e. The summed E-state index contributed by atoms with van der Waals surface area (Å²) in [6.07, 6.45) is 0. The molecule has 0 unspecified atom stereocenters. The lowest BCUT2D eigenvalue weighted by Crippen LogP contribution is -2.16. The Kier molecular flexibility index (Phi) is 5.01. The van der Waals surface area contributed by atoms with Crippen molar-refractivity contribution in [1.82, 2.24) is 10.2 Å². The van der Waals surface area contributed by atoms with Gasteiger partial charge in [-0.05, 0) is 49.7 Å². The van der Waals surface area contributed by atoms with Crippen molar-refractivity contribution in [3.8, 4) is 0 Å². The molecule has 2 aromatic carbocycles. The second kappa shape index (κ2) is 7.22. The standard InChI is InChI=1S/C17H16N4O3S2/c1-11-5-3-7-14(9-11)21-26(23,24)15-8-4-6-13(10-15)16(22)18-17-20-19-12(2)25-17/h3-10,21H,1-2H3,(H,18,20,22). The lowest BCUT2D eigenvalue weighted by atomic mass is 10.2. The minimum atomic E-state index is -3.81. The summed E-state index contributed by atoms with van der Waals surface area (Å²) in [6, 6.07) is 12.8. The van der Waals surface area contributed by atoms with E-state index in [0.717, 1.165) is 10.6 Å². The third kappa shape index (κ3) is 4.24. The van der Waals surface area contributed by atoms with Crippen LogP contribution in [0.2, 0.25) is 0 Å². The topological polar surface area (TPSA) is 101 Å². The van der Waals surface area contributed by atoms with Crippen LogP contribution >= 0.6 is 11.3 Å². The third-order valence-electron chi connectivity index (χ3n) is 3.42. The van der Waals surface area contributed by atoms with Gasteiger partial charge in [-0.1, -0.05) is 29.5 Å². The summed E-state index contributed by atoms with van der Waals surface area (Å²) in [5, 5.41) is 11.3. The Labute approximate surface area is 155 Å². The number of amides is 1. The molecule has 0 spiro atoms. The van der Waals surface area contributed by atoms with Crippen molar-refractivity contribution in [3.63, 3.8) is 0 Å². The number of carbonyl (C=O) groups excluding carboxylic acids is 1. The number of nitrogens with zero attached hydrogens (tertiary/aromatic N) is 2. The van der Waals surface area contributed by atoms with Gasteiger partial charge in [-0.15, -0.1) is 10.2 Å². The Balaban J connectivity index is 1.82. The van der Waals surface area contributed by atoms with E-state index in [4.69, 9.17) is 0 Å². The van der Waals surface area contributed by atoms with Crippen molar-refractivity contribution < 1.29 is 13.2 Å². The molecular weight excluding hydrogens is 372 g/mol. The number of benzene rings is 2. The van der Waals surface area contributed by atoms with E-state index in [1.807, 2.05) is 13.0 Å². The summed E-state index contributed by atoms with van der Waals surface area (Å²) < 4.78 is 27.7. The van der Waals surface area contributed by atoms with Crippen molar-refractivity contribution in [3.05, 3.63) is 64.7 Å². The number of aromatic nitrogens is 2. The highest BCUT2D eigenvalue weighted by molar-refractivity contribution is 7.92. The number of carbonyl (C=O) groups is 1. The number of aryl methyl sites for hydroxylation is 2. The molecule has 0 saturated heterocycles. The van der Waals surface area contributed by atoms with E-state index in [-0.39, 0.29) is 10.5 Å². The fraction of sp³-hybridized carbons (Fsp3) is 0.118. The van der Waals surface area contributed by atoms with Gasteiger partial charge in [0.25, 0.3) is 15.9 Å². The first-order chi connectivity index (χ1) is 12.3. The summed E-state index contributed by atoms with van der Waals surface area (Å²) in [5.74, 6) is -0.450. The van der Waals surface area contributed by atoms with Crippen LogP contribution in [0.5, 0.6) is 0 Å². The van der Waals surface area contributed by atoms with E-state index >= 15 is 0 Å². The van der Waals surface area contributed by atoms with Crippen LogP contribution in [0.25, 0.3) is 0 Å². The van der Waals surface area contributed by atoms with E-state index in [1.165, 1.54) is 35.6 Å². The molecule has 3 aromatic rings. The van der Waals surface area contributed by atoms with Crippen molar-refractivity contribution in [2.45, 2.75) is 18.7 Å². The van der Waals surface area contributed by atoms with Crippen molar-refractivity contribution in [1.29, 1.82) is 0 Å². The number of sulfonamides is 1. The number of rotatable bonds is 5. The van der Waals surface area contributed by atoms with E-state index in [1.54, 1.807) is 25.1 Å². The van der Waals surface area contributed by atoms with E-state index in [0.29, 0.717) is 10.8 Å². The molecular formula is C17H16N4O3S2. The number of hydrogen-bond acceptors (Lipinski definition) is 6. The zero-order valence-electron chi connectivity index (χ0n) is 14.1. The molecule has 1 amide bonds. The molecule has 2 N–H and O–H groups in total. The summed E-state index contributed by atoms with van der Waals surface area (Å²) in [4.78, 5) is 12.3. The molecule has 0 bridgehead atoms. The Bertz CT molecular complexity index is 1060. The minimum absolute atomic E-state index is 0.0000930. The fourth-order valence-electron chi connectivity index (χ4n) is 2.24. The van der Waals surface area contributed by atoms with Gasteiger partial charge in [-0.25, -0.2) is 8.42 Å². The van der Waals surface area contributed by atoms with Gasteiger partial charge < -0.3 is 0 Å². The van der Waals surface area contributed by atoms with Crippen molar-refractivity contribution in [2.75, 3.05) is 10.0 Å². The van der Waals surface area contributed by atoms with Crippen LogP contribution in [0.15, 0.2) is 53.4 Å². The Hall–Kier alpha value is -2.78. The van der Waals surface area contributed by atoms with Crippen LogP contribution in [-0.4, -0.2) is 24.5 Å². The number of nitrogens with one attached hydrogen (secondary N) is 2. The zero-order valence-corrected chi connectivity index (χ0v) is 15.7. The van der Waals surface area contributed by atoms with E-state index in [2.05, 4.69) is 20.2 Å². The highest BCUT2D eigenvalue weighted by Gasteiger charge is 2.17. The first kappa shape index (κ1) is 18.0. The lowest BCUT2D eigenvalue weighted by Gasteiger charge is -2.10. The van der Waals surface area contributed by atoms with Crippen molar-refractivity contribution in [2.24, 2.45) is 0 Å². The van der Waals surface area contributed by atoms with Gasteiger partial charge in [0.15, 0.2) is 0 Å². The SMILES string of the molecule is Cc1cccc(NS(=O)(=O)c2cccc(C(=O)Nc3nnc(C)s3)c2)c1. The summed E-state index contributed by atoms with van der Waals surface area (Å²) in [7, 11) is -3.81. The van der Waals surface area contributed by atoms with Crippen LogP contribution in [0.1, 0.15) is 20.9 Å². The average molecular weight is 388 g/mol. The predicted molar refractivity (Wildman–Crippen MR) is 101 cm³/mol. The molecule has 1 aromatic heterocycles. The zero-order chi connectivity index (χ0) is 18.7. The Morgan fingerprint density at radius 3 is 2.50 bits per heavy atom. The van der Waals surface area contributed by atoms with Gasteiger partial charge in [0.1, 0.15) is 5.01 Å². The third-order valence-corrected chi connectivity index (χ3v) is 5.56. The maximum Gasteiger partial charge on any atom is 0.261 e. The van der Waals surface area contributed by atoms with Crippen LogP contribution in [0.4, 0.5) is 10.8 Å². The maximum atomic E-state index is 12.6. The number of hydrogen-bond donors (Lipinski definition) is 2. The highest BCUT2D eigenvalue weighted by atomic mass is 32.2. The number of anilines is 2. The Morgan fingerprint density at radius 2 is 1.81 bits per heavy atom. The molecule has 3 rings (SSSR count). The van der Waals surface area contributed by atoms with E-state index in [9.17, 15) is 13.2 Å². The quantitative estimate of drug-likeness (QED) is 0.699. The fourth-order valence-corrected chi connectivity index (χ4v) is 3.93. The molecule has 0 fully saturated rings. The molecule has 134 valence electrons. The van der Waals surface area contributed by atoms with Crippen LogP contribution < -0.4 is 10.0 Å². The van der Waals surface area contributed by atoms with Crippen LogP contribution in [0, 0.1) is 13.8 Å². The summed E-state index contributed by atoms with van der Waals surface area (Å²) in [6.45, 7) is 3.65. The van der Waals surface area contributed by atoms with Crippen LogP contribution in [0.3, 0.4) is 0 Å². The second-order valence-corrected chi connectivity index (χ2v) is 8.45. The summed E-state index contributed by atoms with van der Waals surface area (Å²) in [5.41, 5.74) is 1.61. The average Bonchev–Trinajstić information content (AvgIpc) is 2.99. The molecule has 1 heterocycles. The maximum absolute atomic E-state index is 12.6. The second-order valence-electron chi connectivity index (χ2n) is 5.58. The molecule has 0 aliphatic heterocycles. The molecule has 26 heavy (non-hydrogen) atoms. The molecule has 0 aliphatic rings. The first-order valence-electron chi connectivity index (χ1n) is 7.64. The van der Waals surface area contributed by atoms with Gasteiger partial charge in [-0.2, -0.15) is 0 Å². The lowest BCUT2D eigenvalue weighted by molar-refractivity contribution is 0.102. The molecule has 0 radical (unpaired) electrons. The monoisotopic (exact) mass is 388 g/mol. The predicted octanol–water partition coefficient (Wildman–Crippen LogP) is 3.21. The summed E-state index contributed by atoms with van der Waals surface area (Å²) >= 11 is 1.24. The molecule has 7 nitrogen and oxygen atoms in total. The molecule has 9 heteroatoms. The van der Waals surface area contributed by atoms with Crippen LogP contribution in [-0.2, 0) is 10.0 Å². The highest BCUT2D eigenvalue weighted by Crippen LogP contribution is 2.19. The smallest absolute Gasteiger partial charge is 0.261 e. The molecule has 0 aliphatic carbocycles. The normalized spacial score (nSPS) is 11.2.